The van der Waals surface area contributed by atoms with Gasteiger partial charge < -0.3 is 9.80 Å². The molecule has 0 N–H and O–H groups in total. The zero-order chi connectivity index (χ0) is 40.7. The number of aryl methyl sites for hydroxylation is 4. The van der Waals surface area contributed by atoms with Crippen LogP contribution >= 0.6 is 0 Å². The Morgan fingerprint density at radius 3 is 1.60 bits per heavy atom. The predicted molar refractivity (Wildman–Crippen MR) is 228 cm³/mol. The van der Waals surface area contributed by atoms with Crippen LogP contribution in [0.3, 0.4) is 0 Å². The van der Waals surface area contributed by atoms with Crippen LogP contribution in [-0.4, -0.2) is 38.1 Å². The van der Waals surface area contributed by atoms with Crippen LogP contribution in [-0.2, 0) is 38.3 Å². The van der Waals surface area contributed by atoms with Gasteiger partial charge in [0, 0.05) is 56.3 Å². The molecule has 0 atom stereocenters. The second kappa shape index (κ2) is 25.8. The largest absolute Gasteiger partial charge is 0.416 e. The minimum Gasteiger partial charge on any atom is -0.381 e. The summed E-state index contributed by atoms with van der Waals surface area (Å²) in [6.07, 6.45) is 5.81. The molecule has 0 aliphatic carbocycles. The Kier molecular flexibility index (Phi) is 23.9. The smallest absolute Gasteiger partial charge is 0.381 e. The number of hydrogen-bond donors (Lipinski definition) is 0. The van der Waals surface area contributed by atoms with E-state index in [4.69, 9.17) is 0 Å². The van der Waals surface area contributed by atoms with Gasteiger partial charge in [-0.05, 0) is 116 Å². The van der Waals surface area contributed by atoms with E-state index in [9.17, 15) is 13.2 Å². The topological polar surface area (TPSA) is 19.4 Å². The van der Waals surface area contributed by atoms with Crippen LogP contribution in [0.1, 0.15) is 122 Å². The number of fused-ring (bicyclic) bond motifs is 1. The summed E-state index contributed by atoms with van der Waals surface area (Å²) in [5.74, 6) is 0. The van der Waals surface area contributed by atoms with Crippen molar-refractivity contribution in [2.75, 3.05) is 33.1 Å². The molecular weight excluding hydrogens is 664 g/mol. The number of aromatic nitrogens is 1. The van der Waals surface area contributed by atoms with Crippen molar-refractivity contribution in [3.63, 3.8) is 0 Å². The van der Waals surface area contributed by atoms with Crippen molar-refractivity contribution in [3.05, 3.63) is 129 Å². The van der Waals surface area contributed by atoms with Gasteiger partial charge in [-0.15, -0.1) is 0 Å². The maximum Gasteiger partial charge on any atom is 0.416 e. The van der Waals surface area contributed by atoms with Crippen LogP contribution < -0.4 is 4.90 Å². The van der Waals surface area contributed by atoms with Gasteiger partial charge in [0.2, 0.25) is 0 Å². The van der Waals surface area contributed by atoms with E-state index in [1.165, 1.54) is 51.3 Å². The van der Waals surface area contributed by atoms with Crippen molar-refractivity contribution in [2.45, 2.75) is 121 Å². The van der Waals surface area contributed by atoms with Crippen molar-refractivity contribution in [1.29, 1.82) is 0 Å². The molecular formula is C47H70F3N3. The Bertz CT molecular complexity index is 1640. The summed E-state index contributed by atoms with van der Waals surface area (Å²) in [6, 6.07) is 21.5. The van der Waals surface area contributed by atoms with E-state index in [1.807, 2.05) is 41.5 Å². The molecule has 0 amide bonds. The second-order valence-electron chi connectivity index (χ2n) is 13.0. The Morgan fingerprint density at radius 1 is 0.642 bits per heavy atom. The normalized spacial score (nSPS) is 10.6. The maximum atomic E-state index is 12.7. The number of rotatable bonds is 10. The molecule has 1 aromatic heterocycles. The number of benzene rings is 3. The summed E-state index contributed by atoms with van der Waals surface area (Å²) < 4.78 is 38.0. The van der Waals surface area contributed by atoms with Crippen LogP contribution in [0.15, 0.2) is 90.2 Å². The summed E-state index contributed by atoms with van der Waals surface area (Å²) in [6.45, 7) is 22.7. The minimum atomic E-state index is -4.30. The summed E-state index contributed by atoms with van der Waals surface area (Å²) >= 11 is 0. The molecule has 1 heterocycles. The lowest BCUT2D eigenvalue weighted by atomic mass is 9.98. The molecule has 0 bridgehead atoms. The molecule has 3 nitrogen and oxygen atoms in total. The number of hydrogen-bond acceptors (Lipinski definition) is 3. The van der Waals surface area contributed by atoms with Crippen molar-refractivity contribution >= 4 is 16.5 Å². The summed E-state index contributed by atoms with van der Waals surface area (Å²) in [7, 11) is 8.31. The summed E-state index contributed by atoms with van der Waals surface area (Å²) in [5.41, 5.74) is 10.8. The first-order valence-electron chi connectivity index (χ1n) is 19.5. The van der Waals surface area contributed by atoms with Crippen LogP contribution in [0.2, 0.25) is 0 Å². The first-order valence-corrected chi connectivity index (χ1v) is 19.5. The highest BCUT2D eigenvalue weighted by Crippen LogP contribution is 2.32. The van der Waals surface area contributed by atoms with Crippen LogP contribution in [0.4, 0.5) is 18.9 Å². The molecule has 4 aromatic rings. The third-order valence-corrected chi connectivity index (χ3v) is 8.32. The lowest BCUT2D eigenvalue weighted by molar-refractivity contribution is -0.137. The molecule has 0 aliphatic heterocycles. The lowest BCUT2D eigenvalue weighted by Crippen LogP contribution is -2.09. The zero-order valence-corrected chi connectivity index (χ0v) is 35.7. The Hall–Kier alpha value is -4.06. The van der Waals surface area contributed by atoms with Gasteiger partial charge in [0.1, 0.15) is 0 Å². The van der Waals surface area contributed by atoms with E-state index in [-0.39, 0.29) is 0 Å². The number of allylic oxidation sites excluding steroid dienone is 4. The Balaban J connectivity index is 0.000000757. The first-order chi connectivity index (χ1) is 25.1. The highest BCUT2D eigenvalue weighted by Gasteiger charge is 2.30. The number of halogens is 3. The number of anilines is 1. The monoisotopic (exact) mass is 734 g/mol. The number of alkyl halides is 3. The summed E-state index contributed by atoms with van der Waals surface area (Å²) in [5, 5.41) is 1.43. The standard InChI is InChI=1S/C19H25N.C14H14F3N.C10H19N.2C2H6/c1-5-15-11-16(6-2)13-18(12-15)14-17-7-9-19(10-8-17)20(3)4;1-3-11-8-9-7-10(14(15,16)17)5-6-12(9)13(4-2)18-11;1-6-10(11(4)5)8-7-9(2)3;2*1-2/h7-13H,5-6,14H2,1-4H3;5-8H,3-4H2,1-2H3;7-8H,6H2,1-5H3;2*1-2H3/b;;10-8+;;. The Labute approximate surface area is 322 Å². The van der Waals surface area contributed by atoms with Gasteiger partial charge >= 0.3 is 6.18 Å². The van der Waals surface area contributed by atoms with E-state index in [0.717, 1.165) is 61.4 Å². The van der Waals surface area contributed by atoms with Gasteiger partial charge in [0.25, 0.3) is 0 Å². The quantitative estimate of drug-likeness (QED) is 0.151. The fourth-order valence-electron chi connectivity index (χ4n) is 5.36. The molecule has 0 spiro atoms. The predicted octanol–water partition coefficient (Wildman–Crippen LogP) is 13.7. The molecule has 0 saturated carbocycles. The van der Waals surface area contributed by atoms with Gasteiger partial charge in [-0.2, -0.15) is 13.2 Å². The minimum absolute atomic E-state index is 0.606. The van der Waals surface area contributed by atoms with Crippen molar-refractivity contribution in [3.8, 4) is 0 Å². The average molecular weight is 734 g/mol. The fraction of sp³-hybridized carbons (Fsp3) is 0.468. The van der Waals surface area contributed by atoms with E-state index in [2.05, 4.69) is 132 Å². The first kappa shape index (κ1) is 48.9. The maximum absolute atomic E-state index is 12.7. The SMILES string of the molecule is CC.CC.CC/C(=C\C=C(C)C)N(C)C.CCc1cc(CC)cc(Cc2ccc(N(C)C)cc2)c1.CCc1cc2cc(C(F)(F)F)ccc2c(CC)n1. The van der Waals surface area contributed by atoms with Crippen molar-refractivity contribution < 1.29 is 13.2 Å². The molecule has 0 fully saturated rings. The molecule has 6 heteroatoms. The van der Waals surface area contributed by atoms with Crippen LogP contribution in [0, 0.1) is 0 Å². The molecule has 0 aliphatic rings. The molecule has 4 rings (SSSR count). The highest BCUT2D eigenvalue weighted by atomic mass is 19.4. The molecule has 0 radical (unpaired) electrons. The number of nitrogens with zero attached hydrogens (tertiary/aromatic N) is 3. The zero-order valence-electron chi connectivity index (χ0n) is 35.7. The molecule has 0 unspecified atom stereocenters. The Morgan fingerprint density at radius 2 is 1.19 bits per heavy atom. The fourth-order valence-corrected chi connectivity index (χ4v) is 5.36. The lowest BCUT2D eigenvalue weighted by Gasteiger charge is -2.14. The molecule has 53 heavy (non-hydrogen) atoms. The van der Waals surface area contributed by atoms with Gasteiger partial charge in [-0.1, -0.05) is 110 Å². The van der Waals surface area contributed by atoms with E-state index < -0.39 is 11.7 Å². The third-order valence-electron chi connectivity index (χ3n) is 8.32. The van der Waals surface area contributed by atoms with Gasteiger partial charge in [-0.3, -0.25) is 4.98 Å². The highest BCUT2D eigenvalue weighted by molar-refractivity contribution is 5.85. The van der Waals surface area contributed by atoms with Gasteiger partial charge in [0.15, 0.2) is 0 Å². The van der Waals surface area contributed by atoms with Crippen molar-refractivity contribution in [1.82, 2.24) is 9.88 Å². The second-order valence-corrected chi connectivity index (χ2v) is 13.0. The molecule has 0 saturated heterocycles. The van der Waals surface area contributed by atoms with Gasteiger partial charge in [0.05, 0.1) is 5.56 Å². The van der Waals surface area contributed by atoms with E-state index >= 15 is 0 Å². The van der Waals surface area contributed by atoms with Crippen LogP contribution in [0.5, 0.6) is 0 Å². The molecule has 294 valence electrons. The number of pyridine rings is 1. The van der Waals surface area contributed by atoms with Crippen molar-refractivity contribution in [2.24, 2.45) is 0 Å². The van der Waals surface area contributed by atoms with E-state index in [1.54, 1.807) is 6.07 Å². The van der Waals surface area contributed by atoms with Crippen LogP contribution in [0.25, 0.3) is 10.8 Å². The summed E-state index contributed by atoms with van der Waals surface area (Å²) in [4.78, 5) is 8.74. The van der Waals surface area contributed by atoms with Gasteiger partial charge in [-0.25, -0.2) is 0 Å². The van der Waals surface area contributed by atoms with E-state index in [0.29, 0.717) is 5.39 Å². The molecule has 3 aromatic carbocycles. The third kappa shape index (κ3) is 17.5. The average Bonchev–Trinajstić information content (AvgIpc) is 3.15.